The maximum Gasteiger partial charge on any atom is 0.326 e. The maximum absolute atomic E-state index is 12.3. The third-order valence-corrected chi connectivity index (χ3v) is 6.34. The molecule has 0 aromatic carbocycles. The van der Waals surface area contributed by atoms with Gasteiger partial charge in [-0.2, -0.15) is 5.26 Å². The molecule has 0 bridgehead atoms. The molecule has 25 heavy (non-hydrogen) atoms. The first-order valence-electron chi connectivity index (χ1n) is 8.77. The standard InChI is InChI=1S/C18H23N3O3S/c1-24-17(23)18(8-4-9-18)20-10-7-15(22)21-16-13(11-19)12-5-2-3-6-14(12)25-16/h20H,2-10H2,1H3,(H,21,22). The van der Waals surface area contributed by atoms with Gasteiger partial charge in [-0.3, -0.25) is 9.59 Å². The molecule has 0 radical (unpaired) electrons. The Morgan fingerprint density at radius 2 is 2.04 bits per heavy atom. The minimum Gasteiger partial charge on any atom is -0.468 e. The van der Waals surface area contributed by atoms with Crippen molar-refractivity contribution in [2.45, 2.75) is 56.9 Å². The van der Waals surface area contributed by atoms with Crippen LogP contribution < -0.4 is 10.6 Å². The molecule has 1 fully saturated rings. The highest BCUT2D eigenvalue weighted by Gasteiger charge is 2.44. The van der Waals surface area contributed by atoms with Crippen LogP contribution in [0, 0.1) is 11.3 Å². The van der Waals surface area contributed by atoms with Crippen LogP contribution in [0.2, 0.25) is 0 Å². The van der Waals surface area contributed by atoms with Gasteiger partial charge in [0, 0.05) is 17.8 Å². The summed E-state index contributed by atoms with van der Waals surface area (Å²) in [5.74, 6) is -0.390. The molecule has 0 aliphatic heterocycles. The molecule has 1 saturated carbocycles. The number of nitrogens with zero attached hydrogens (tertiary/aromatic N) is 1. The Morgan fingerprint density at radius 1 is 1.28 bits per heavy atom. The van der Waals surface area contributed by atoms with Crippen molar-refractivity contribution in [2.24, 2.45) is 0 Å². The van der Waals surface area contributed by atoms with E-state index in [1.54, 1.807) is 0 Å². The van der Waals surface area contributed by atoms with Crippen LogP contribution in [0.4, 0.5) is 5.00 Å². The van der Waals surface area contributed by atoms with Gasteiger partial charge in [-0.15, -0.1) is 11.3 Å². The Bertz CT molecular complexity index is 716. The third kappa shape index (κ3) is 3.55. The van der Waals surface area contributed by atoms with Crippen molar-refractivity contribution in [2.75, 3.05) is 19.0 Å². The first-order chi connectivity index (χ1) is 12.1. The molecule has 0 atom stereocenters. The van der Waals surface area contributed by atoms with Gasteiger partial charge in [0.05, 0.1) is 12.7 Å². The van der Waals surface area contributed by atoms with E-state index in [-0.39, 0.29) is 18.3 Å². The van der Waals surface area contributed by atoms with Crippen molar-refractivity contribution in [1.82, 2.24) is 5.32 Å². The van der Waals surface area contributed by atoms with E-state index in [0.717, 1.165) is 50.5 Å². The summed E-state index contributed by atoms with van der Waals surface area (Å²) in [5, 5.41) is 16.2. The van der Waals surface area contributed by atoms with E-state index in [1.807, 2.05) is 0 Å². The average Bonchev–Trinajstić information content (AvgIpc) is 2.93. The van der Waals surface area contributed by atoms with E-state index in [9.17, 15) is 14.9 Å². The molecule has 2 N–H and O–H groups in total. The zero-order chi connectivity index (χ0) is 17.9. The first-order valence-corrected chi connectivity index (χ1v) is 9.59. The predicted molar refractivity (Wildman–Crippen MR) is 95.5 cm³/mol. The number of nitrogens with one attached hydrogen (secondary N) is 2. The second-order valence-corrected chi connectivity index (χ2v) is 7.78. The molecule has 134 valence electrons. The van der Waals surface area contributed by atoms with Gasteiger partial charge in [0.25, 0.3) is 0 Å². The lowest BCUT2D eigenvalue weighted by Gasteiger charge is -2.39. The summed E-state index contributed by atoms with van der Waals surface area (Å²) >= 11 is 1.53. The number of hydrogen-bond acceptors (Lipinski definition) is 6. The zero-order valence-electron chi connectivity index (χ0n) is 14.4. The highest BCUT2D eigenvalue weighted by molar-refractivity contribution is 7.16. The number of thiophene rings is 1. The lowest BCUT2D eigenvalue weighted by atomic mass is 9.76. The maximum atomic E-state index is 12.3. The van der Waals surface area contributed by atoms with Crippen LogP contribution in [0.5, 0.6) is 0 Å². The fourth-order valence-electron chi connectivity index (χ4n) is 3.56. The number of nitriles is 1. The number of anilines is 1. The highest BCUT2D eigenvalue weighted by Crippen LogP contribution is 2.37. The number of amides is 1. The van der Waals surface area contributed by atoms with Crippen molar-refractivity contribution < 1.29 is 14.3 Å². The van der Waals surface area contributed by atoms with Gasteiger partial charge in [0.2, 0.25) is 5.91 Å². The van der Waals surface area contributed by atoms with E-state index >= 15 is 0 Å². The Balaban J connectivity index is 1.56. The Kier molecular flexibility index (Phi) is 5.40. The molecule has 1 amide bonds. The summed E-state index contributed by atoms with van der Waals surface area (Å²) in [5.41, 5.74) is 1.13. The summed E-state index contributed by atoms with van der Waals surface area (Å²) in [7, 11) is 1.39. The monoisotopic (exact) mass is 361 g/mol. The fraction of sp³-hybridized carbons (Fsp3) is 0.611. The van der Waals surface area contributed by atoms with Gasteiger partial charge >= 0.3 is 5.97 Å². The smallest absolute Gasteiger partial charge is 0.326 e. The first kappa shape index (κ1) is 17.9. The fourth-order valence-corrected chi connectivity index (χ4v) is 4.81. The predicted octanol–water partition coefficient (Wildman–Crippen LogP) is 2.51. The molecule has 1 heterocycles. The van der Waals surface area contributed by atoms with E-state index in [2.05, 4.69) is 16.7 Å². The van der Waals surface area contributed by atoms with Gasteiger partial charge in [-0.1, -0.05) is 0 Å². The van der Waals surface area contributed by atoms with Crippen molar-refractivity contribution in [3.05, 3.63) is 16.0 Å². The second kappa shape index (κ2) is 7.54. The molecule has 1 aromatic rings. The Morgan fingerprint density at radius 3 is 2.68 bits per heavy atom. The van der Waals surface area contributed by atoms with Crippen LogP contribution in [0.15, 0.2) is 0 Å². The lowest BCUT2D eigenvalue weighted by Crippen LogP contribution is -2.58. The second-order valence-electron chi connectivity index (χ2n) is 6.68. The Labute approximate surface area is 151 Å². The molecule has 0 spiro atoms. The number of carbonyl (C=O) groups excluding carboxylic acids is 2. The van der Waals surface area contributed by atoms with Crippen molar-refractivity contribution in [1.29, 1.82) is 5.26 Å². The molecule has 0 unspecified atom stereocenters. The SMILES string of the molecule is COC(=O)C1(NCCC(=O)Nc2sc3c(c2C#N)CCCC3)CCC1. The molecule has 2 aliphatic rings. The average molecular weight is 361 g/mol. The lowest BCUT2D eigenvalue weighted by molar-refractivity contribution is -0.152. The van der Waals surface area contributed by atoms with Crippen molar-refractivity contribution in [3.63, 3.8) is 0 Å². The highest BCUT2D eigenvalue weighted by atomic mass is 32.1. The molecule has 1 aromatic heterocycles. The molecular weight excluding hydrogens is 338 g/mol. The van der Waals surface area contributed by atoms with Gasteiger partial charge in [0.1, 0.15) is 16.6 Å². The molecule has 2 aliphatic carbocycles. The molecule has 6 nitrogen and oxygen atoms in total. The van der Waals surface area contributed by atoms with Crippen LogP contribution in [0.25, 0.3) is 0 Å². The van der Waals surface area contributed by atoms with Crippen molar-refractivity contribution in [3.8, 4) is 6.07 Å². The summed E-state index contributed by atoms with van der Waals surface area (Å²) < 4.78 is 4.85. The van der Waals surface area contributed by atoms with E-state index < -0.39 is 5.54 Å². The number of esters is 1. The van der Waals surface area contributed by atoms with E-state index in [1.165, 1.54) is 23.3 Å². The summed E-state index contributed by atoms with van der Waals surface area (Å²) in [6.45, 7) is 0.411. The minimum atomic E-state index is -0.616. The van der Waals surface area contributed by atoms with Gasteiger partial charge in [-0.25, -0.2) is 0 Å². The quantitative estimate of drug-likeness (QED) is 0.760. The van der Waals surface area contributed by atoms with E-state index in [4.69, 9.17) is 4.74 Å². The number of methoxy groups -OCH3 is 1. The van der Waals surface area contributed by atoms with Crippen LogP contribution >= 0.6 is 11.3 Å². The van der Waals surface area contributed by atoms with Gasteiger partial charge < -0.3 is 15.4 Å². The number of rotatable bonds is 6. The third-order valence-electron chi connectivity index (χ3n) is 5.13. The van der Waals surface area contributed by atoms with Crippen LogP contribution in [-0.4, -0.2) is 31.1 Å². The van der Waals surface area contributed by atoms with Crippen LogP contribution in [0.3, 0.4) is 0 Å². The number of fused-ring (bicyclic) bond motifs is 1. The van der Waals surface area contributed by atoms with Gasteiger partial charge in [0.15, 0.2) is 0 Å². The largest absolute Gasteiger partial charge is 0.468 e. The number of aryl methyl sites for hydroxylation is 1. The number of carbonyl (C=O) groups is 2. The molecule has 7 heteroatoms. The topological polar surface area (TPSA) is 91.2 Å². The number of ether oxygens (including phenoxy) is 1. The normalized spacial score (nSPS) is 17.8. The number of hydrogen-bond donors (Lipinski definition) is 2. The Hall–Kier alpha value is -1.91. The van der Waals surface area contributed by atoms with E-state index in [0.29, 0.717) is 17.1 Å². The summed E-state index contributed by atoms with van der Waals surface area (Å²) in [6.07, 6.45) is 6.90. The summed E-state index contributed by atoms with van der Waals surface area (Å²) in [4.78, 5) is 25.3. The van der Waals surface area contributed by atoms with Crippen molar-refractivity contribution >= 4 is 28.2 Å². The van der Waals surface area contributed by atoms with Gasteiger partial charge in [-0.05, 0) is 50.5 Å². The summed E-state index contributed by atoms with van der Waals surface area (Å²) in [6, 6.07) is 2.25. The van der Waals surface area contributed by atoms with Crippen LogP contribution in [0.1, 0.15) is 54.5 Å². The molecule has 0 saturated heterocycles. The zero-order valence-corrected chi connectivity index (χ0v) is 15.3. The minimum absolute atomic E-state index is 0.137. The van der Waals surface area contributed by atoms with Crippen LogP contribution in [-0.2, 0) is 27.2 Å². The molecular formula is C18H23N3O3S. The molecule has 3 rings (SSSR count).